The number of benzene rings is 2. The molecule has 2 aromatic rings. The van der Waals surface area contributed by atoms with Crippen molar-refractivity contribution in [2.24, 2.45) is 11.5 Å². The molecule has 1 saturated heterocycles. The maximum Gasteiger partial charge on any atom is 0.245 e. The molecular weight excluding hydrogens is 596 g/mol. The SMILES string of the molecule is COc1cc(C)c(S(=O)(=O)N[C@@H](CC(N)=O)C(=O)N[C@H](Cc2ccc(C(=N)N)cc2)C(=O)N2CCCCC2)c(C)c1C.Cl. The van der Waals surface area contributed by atoms with E-state index in [2.05, 4.69) is 10.0 Å². The number of aryl methyl sites for hydroxylation is 1. The van der Waals surface area contributed by atoms with E-state index in [4.69, 9.17) is 21.6 Å². The van der Waals surface area contributed by atoms with Crippen LogP contribution in [0.3, 0.4) is 0 Å². The van der Waals surface area contributed by atoms with E-state index in [1.807, 2.05) is 0 Å². The van der Waals surface area contributed by atoms with Crippen molar-refractivity contribution < 1.29 is 27.5 Å². The molecule has 3 amide bonds. The first kappa shape index (κ1) is 35.5. The molecule has 0 aromatic heterocycles. The third-order valence-corrected chi connectivity index (χ3v) is 9.23. The molecule has 1 fully saturated rings. The maximum atomic E-state index is 13.6. The molecule has 0 spiro atoms. The Hall–Kier alpha value is -3.68. The number of primary amides is 1. The van der Waals surface area contributed by atoms with E-state index < -0.39 is 40.3 Å². The summed E-state index contributed by atoms with van der Waals surface area (Å²) in [5.74, 6) is -1.64. The molecule has 2 atom stereocenters. The molecule has 0 unspecified atom stereocenters. The first-order valence-electron chi connectivity index (χ1n) is 13.7. The quantitative estimate of drug-likeness (QED) is 0.172. The number of amides is 3. The average molecular weight is 637 g/mol. The number of sulfonamides is 1. The summed E-state index contributed by atoms with van der Waals surface area (Å²) in [6.07, 6.45) is 2.16. The zero-order valence-corrected chi connectivity index (χ0v) is 26.5. The molecule has 236 valence electrons. The van der Waals surface area contributed by atoms with Crippen molar-refractivity contribution in [3.8, 4) is 5.75 Å². The predicted molar refractivity (Wildman–Crippen MR) is 166 cm³/mol. The highest BCUT2D eigenvalue weighted by molar-refractivity contribution is 7.89. The number of hydrogen-bond acceptors (Lipinski definition) is 7. The van der Waals surface area contributed by atoms with Gasteiger partial charge in [-0.15, -0.1) is 12.4 Å². The zero-order valence-electron chi connectivity index (χ0n) is 24.9. The fourth-order valence-electron chi connectivity index (χ4n) is 5.15. The van der Waals surface area contributed by atoms with Gasteiger partial charge in [0, 0.05) is 25.1 Å². The summed E-state index contributed by atoms with van der Waals surface area (Å²) in [5.41, 5.74) is 13.6. The molecule has 3 rings (SSSR count). The van der Waals surface area contributed by atoms with Gasteiger partial charge in [0.25, 0.3) is 0 Å². The van der Waals surface area contributed by atoms with Gasteiger partial charge in [-0.05, 0) is 68.4 Å². The number of nitrogens with zero attached hydrogens (tertiary/aromatic N) is 1. The average Bonchev–Trinajstić information content (AvgIpc) is 2.94. The topological polar surface area (TPSA) is 198 Å². The maximum absolute atomic E-state index is 13.6. The number of methoxy groups -OCH3 is 1. The number of halogens is 1. The lowest BCUT2D eigenvalue weighted by Gasteiger charge is -2.31. The number of amidine groups is 1. The number of hydrogen-bond donors (Lipinski definition) is 5. The van der Waals surface area contributed by atoms with Crippen LogP contribution >= 0.6 is 12.4 Å². The Morgan fingerprint density at radius 1 is 1.00 bits per heavy atom. The lowest BCUT2D eigenvalue weighted by atomic mass is 10.0. The number of rotatable bonds is 12. The summed E-state index contributed by atoms with van der Waals surface area (Å²) < 4.78 is 34.8. The van der Waals surface area contributed by atoms with E-state index in [1.54, 1.807) is 56.0 Å². The Morgan fingerprint density at radius 3 is 2.14 bits per heavy atom. The van der Waals surface area contributed by atoms with Gasteiger partial charge in [-0.1, -0.05) is 24.3 Å². The molecular formula is C29H41ClN6O6S. The second kappa shape index (κ2) is 15.2. The Bertz CT molecular complexity index is 1460. The number of ether oxygens (including phenoxy) is 1. The summed E-state index contributed by atoms with van der Waals surface area (Å²) in [7, 11) is -2.82. The van der Waals surface area contributed by atoms with Gasteiger partial charge < -0.3 is 26.4 Å². The molecule has 0 aliphatic carbocycles. The van der Waals surface area contributed by atoms with Crippen LogP contribution in [0.4, 0.5) is 0 Å². The number of piperidine rings is 1. The molecule has 14 heteroatoms. The van der Waals surface area contributed by atoms with Crippen LogP contribution in [-0.2, 0) is 30.8 Å². The highest BCUT2D eigenvalue weighted by atomic mass is 35.5. The van der Waals surface area contributed by atoms with Crippen molar-refractivity contribution in [3.05, 3.63) is 58.1 Å². The normalized spacial score (nSPS) is 14.7. The minimum Gasteiger partial charge on any atom is -0.496 e. The van der Waals surface area contributed by atoms with Gasteiger partial charge in [0.05, 0.1) is 18.4 Å². The van der Waals surface area contributed by atoms with Crippen LogP contribution in [0, 0.1) is 26.2 Å². The number of nitrogen functional groups attached to an aromatic ring is 1. The van der Waals surface area contributed by atoms with Gasteiger partial charge in [0.15, 0.2) is 0 Å². The molecule has 2 aromatic carbocycles. The van der Waals surface area contributed by atoms with Crippen molar-refractivity contribution in [2.75, 3.05) is 20.2 Å². The van der Waals surface area contributed by atoms with E-state index in [0.717, 1.165) is 19.3 Å². The lowest BCUT2D eigenvalue weighted by Crippen LogP contribution is -2.56. The van der Waals surface area contributed by atoms with Gasteiger partial charge in [-0.3, -0.25) is 19.8 Å². The largest absolute Gasteiger partial charge is 0.496 e. The third-order valence-electron chi connectivity index (χ3n) is 7.47. The molecule has 7 N–H and O–H groups in total. The first-order chi connectivity index (χ1) is 19.7. The second-order valence-electron chi connectivity index (χ2n) is 10.6. The molecule has 43 heavy (non-hydrogen) atoms. The standard InChI is InChI=1S/C29H40N6O6S.ClH/c1-17-14-24(41-4)18(2)19(3)26(17)42(39,40)34-22(16-25(30)36)28(37)33-23(29(38)35-12-6-5-7-13-35)15-20-8-10-21(11-9-20)27(31)32;/h8-11,14,22-23,34H,5-7,12-13,15-16H2,1-4H3,(H2,30,36)(H3,31,32)(H,33,37);1H/t22-,23+;/m0./s1. The van der Waals surface area contributed by atoms with E-state index in [0.29, 0.717) is 46.7 Å². The molecule has 12 nitrogen and oxygen atoms in total. The minimum atomic E-state index is -4.31. The van der Waals surface area contributed by atoms with Crippen molar-refractivity contribution in [1.82, 2.24) is 14.9 Å². The number of carbonyl (C=O) groups is 3. The molecule has 1 aliphatic rings. The Balaban J connectivity index is 0.00000645. The van der Waals surface area contributed by atoms with Crippen LogP contribution < -0.4 is 26.2 Å². The van der Waals surface area contributed by atoms with Crippen LogP contribution in [0.15, 0.2) is 35.2 Å². The fraction of sp³-hybridized carbons (Fsp3) is 0.448. The van der Waals surface area contributed by atoms with Gasteiger partial charge in [-0.25, -0.2) is 8.42 Å². The monoisotopic (exact) mass is 636 g/mol. The smallest absolute Gasteiger partial charge is 0.245 e. The van der Waals surface area contributed by atoms with Crippen LogP contribution in [0.2, 0.25) is 0 Å². The van der Waals surface area contributed by atoms with Crippen LogP contribution in [0.25, 0.3) is 0 Å². The lowest BCUT2D eigenvalue weighted by molar-refractivity contribution is -0.137. The van der Waals surface area contributed by atoms with E-state index >= 15 is 0 Å². The van der Waals surface area contributed by atoms with Crippen molar-refractivity contribution in [2.45, 2.75) is 69.9 Å². The summed E-state index contributed by atoms with van der Waals surface area (Å²) in [5, 5.41) is 10.3. The molecule has 0 saturated carbocycles. The van der Waals surface area contributed by atoms with E-state index in [9.17, 15) is 22.8 Å². The second-order valence-corrected chi connectivity index (χ2v) is 12.2. The predicted octanol–water partition coefficient (Wildman–Crippen LogP) is 1.59. The molecule has 0 bridgehead atoms. The van der Waals surface area contributed by atoms with Crippen LogP contribution in [-0.4, -0.2) is 69.2 Å². The van der Waals surface area contributed by atoms with Gasteiger partial charge in [-0.2, -0.15) is 4.72 Å². The van der Waals surface area contributed by atoms with Gasteiger partial charge >= 0.3 is 0 Å². The summed E-state index contributed by atoms with van der Waals surface area (Å²) in [6, 6.07) is 5.70. The molecule has 1 heterocycles. The fourth-order valence-corrected chi connectivity index (χ4v) is 6.87. The number of nitrogens with two attached hydrogens (primary N) is 2. The summed E-state index contributed by atoms with van der Waals surface area (Å²) in [4.78, 5) is 40.7. The highest BCUT2D eigenvalue weighted by Crippen LogP contribution is 2.30. The Labute approximate surface area is 258 Å². The first-order valence-corrected chi connectivity index (χ1v) is 15.2. The third kappa shape index (κ3) is 8.91. The van der Waals surface area contributed by atoms with Gasteiger partial charge in [0.2, 0.25) is 27.7 Å². The Morgan fingerprint density at radius 2 is 1.60 bits per heavy atom. The number of nitrogens with one attached hydrogen (secondary N) is 3. The summed E-state index contributed by atoms with van der Waals surface area (Å²) in [6.45, 7) is 6.05. The van der Waals surface area contributed by atoms with Gasteiger partial charge in [0.1, 0.15) is 23.7 Å². The minimum absolute atomic E-state index is 0. The van der Waals surface area contributed by atoms with Crippen molar-refractivity contribution in [3.63, 3.8) is 0 Å². The number of likely N-dealkylation sites (tertiary alicyclic amines) is 1. The van der Waals surface area contributed by atoms with Crippen LogP contribution in [0.1, 0.15) is 53.5 Å². The van der Waals surface area contributed by atoms with E-state index in [-0.39, 0.29) is 35.5 Å². The van der Waals surface area contributed by atoms with Crippen molar-refractivity contribution in [1.29, 1.82) is 5.41 Å². The van der Waals surface area contributed by atoms with Crippen LogP contribution in [0.5, 0.6) is 5.75 Å². The van der Waals surface area contributed by atoms with E-state index in [1.165, 1.54) is 7.11 Å². The van der Waals surface area contributed by atoms with Crippen molar-refractivity contribution >= 4 is 46.0 Å². The highest BCUT2D eigenvalue weighted by Gasteiger charge is 2.34. The Kier molecular flexibility index (Phi) is 12.5. The molecule has 1 aliphatic heterocycles. The molecule has 0 radical (unpaired) electrons. The summed E-state index contributed by atoms with van der Waals surface area (Å²) >= 11 is 0. The zero-order chi connectivity index (χ0) is 31.2. The number of carbonyl (C=O) groups excluding carboxylic acids is 3.